The van der Waals surface area contributed by atoms with Crippen molar-refractivity contribution in [1.82, 2.24) is 0 Å². The number of carbonyl (C=O) groups excluding carboxylic acids is 1. The maximum absolute atomic E-state index is 11.3. The second-order valence-electron chi connectivity index (χ2n) is 4.72. The molecule has 0 radical (unpaired) electrons. The molecule has 3 heteroatoms. The quantitative estimate of drug-likeness (QED) is 0.810. The minimum absolute atomic E-state index is 0.187. The van der Waals surface area contributed by atoms with Crippen LogP contribution in [0.3, 0.4) is 0 Å². The predicted molar refractivity (Wildman–Crippen MR) is 64.5 cm³/mol. The molecule has 0 saturated heterocycles. The van der Waals surface area contributed by atoms with Crippen LogP contribution in [0.25, 0.3) is 0 Å². The van der Waals surface area contributed by atoms with Gasteiger partial charge in [0.1, 0.15) is 0 Å². The molecule has 1 aromatic rings. The molecule has 0 amide bonds. The summed E-state index contributed by atoms with van der Waals surface area (Å²) in [5.41, 5.74) is 1.24. The largest absolute Gasteiger partial charge is 0.469 e. The number of aliphatic hydroxyl groups is 1. The maximum atomic E-state index is 11.3. The molecule has 0 bridgehead atoms. The fraction of sp³-hybridized carbons (Fsp3) is 0.500. The molecule has 0 aromatic heterocycles. The average Bonchev–Trinajstić information content (AvgIpc) is 3.17. The molecule has 1 aromatic carbocycles. The summed E-state index contributed by atoms with van der Waals surface area (Å²) in [6.07, 6.45) is 0.347. The zero-order valence-electron chi connectivity index (χ0n) is 10.2. The minimum atomic E-state index is -0.604. The summed E-state index contributed by atoms with van der Waals surface area (Å²) in [6, 6.07) is 10.1. The molecule has 0 spiro atoms. The predicted octanol–water partition coefficient (Wildman–Crippen LogP) is 1.96. The Bertz CT molecular complexity index is 388. The van der Waals surface area contributed by atoms with Gasteiger partial charge in [-0.05, 0) is 30.7 Å². The molecule has 17 heavy (non-hydrogen) atoms. The van der Waals surface area contributed by atoms with Gasteiger partial charge in [-0.15, -0.1) is 0 Å². The number of hydrogen-bond donors (Lipinski definition) is 1. The Morgan fingerprint density at radius 2 is 2.06 bits per heavy atom. The van der Waals surface area contributed by atoms with Crippen molar-refractivity contribution in [1.29, 1.82) is 0 Å². The van der Waals surface area contributed by atoms with E-state index in [-0.39, 0.29) is 11.9 Å². The summed E-state index contributed by atoms with van der Waals surface area (Å²) in [6.45, 7) is 1.72. The van der Waals surface area contributed by atoms with Gasteiger partial charge in [-0.2, -0.15) is 0 Å². The highest BCUT2D eigenvalue weighted by atomic mass is 16.5. The third-order valence-electron chi connectivity index (χ3n) is 3.59. The molecule has 3 nitrogen and oxygen atoms in total. The Morgan fingerprint density at radius 1 is 1.41 bits per heavy atom. The van der Waals surface area contributed by atoms with Crippen molar-refractivity contribution in [2.75, 3.05) is 7.11 Å². The first-order valence-electron chi connectivity index (χ1n) is 5.96. The highest BCUT2D eigenvalue weighted by Gasteiger charge is 2.46. The van der Waals surface area contributed by atoms with E-state index in [2.05, 4.69) is 16.9 Å². The Kier molecular flexibility index (Phi) is 3.48. The Morgan fingerprint density at radius 3 is 2.65 bits per heavy atom. The van der Waals surface area contributed by atoms with Gasteiger partial charge in [0.15, 0.2) is 0 Å². The highest BCUT2D eigenvalue weighted by molar-refractivity contribution is 5.72. The first-order chi connectivity index (χ1) is 8.15. The van der Waals surface area contributed by atoms with Crippen LogP contribution < -0.4 is 0 Å². The van der Waals surface area contributed by atoms with Crippen molar-refractivity contribution in [3.05, 3.63) is 35.9 Å². The smallest absolute Gasteiger partial charge is 0.311 e. The van der Waals surface area contributed by atoms with Crippen molar-refractivity contribution in [3.8, 4) is 0 Å². The summed E-state index contributed by atoms with van der Waals surface area (Å²) in [5.74, 6) is -0.209. The van der Waals surface area contributed by atoms with E-state index in [1.54, 1.807) is 6.92 Å². The highest BCUT2D eigenvalue weighted by Crippen LogP contribution is 2.50. The van der Waals surface area contributed by atoms with Crippen molar-refractivity contribution in [3.63, 3.8) is 0 Å². The van der Waals surface area contributed by atoms with Crippen molar-refractivity contribution < 1.29 is 14.6 Å². The van der Waals surface area contributed by atoms with Crippen molar-refractivity contribution >= 4 is 5.97 Å². The number of ether oxygens (including phenoxy) is 1. The molecule has 0 aliphatic heterocycles. The topological polar surface area (TPSA) is 46.5 Å². The number of hydrogen-bond acceptors (Lipinski definition) is 3. The lowest BCUT2D eigenvalue weighted by atomic mass is 9.98. The molecule has 1 N–H and O–H groups in total. The molecule has 1 fully saturated rings. The van der Waals surface area contributed by atoms with E-state index < -0.39 is 12.0 Å². The third-order valence-corrected chi connectivity index (χ3v) is 3.59. The Balaban J connectivity index is 1.97. The van der Waals surface area contributed by atoms with Crippen LogP contribution in [-0.4, -0.2) is 24.3 Å². The number of rotatable bonds is 4. The van der Waals surface area contributed by atoms with E-state index in [1.165, 1.54) is 12.7 Å². The minimum Gasteiger partial charge on any atom is -0.469 e. The van der Waals surface area contributed by atoms with E-state index in [4.69, 9.17) is 0 Å². The van der Waals surface area contributed by atoms with Crippen molar-refractivity contribution in [2.24, 2.45) is 11.8 Å². The number of carbonyl (C=O) groups is 1. The van der Waals surface area contributed by atoms with Crippen LogP contribution in [0.5, 0.6) is 0 Å². The zero-order chi connectivity index (χ0) is 12.4. The summed E-state index contributed by atoms with van der Waals surface area (Å²) in [4.78, 5) is 11.3. The summed E-state index contributed by atoms with van der Waals surface area (Å²) >= 11 is 0. The SMILES string of the molecule is COC(=O)[C@@H](C)[C@@H](O)[C@H]1C[C@@H]1c1ccccc1. The molecule has 1 saturated carbocycles. The lowest BCUT2D eigenvalue weighted by Crippen LogP contribution is -2.28. The molecule has 0 heterocycles. The summed E-state index contributed by atoms with van der Waals surface area (Å²) in [7, 11) is 1.35. The monoisotopic (exact) mass is 234 g/mol. The van der Waals surface area contributed by atoms with Gasteiger partial charge in [0.2, 0.25) is 0 Å². The fourth-order valence-corrected chi connectivity index (χ4v) is 2.37. The standard InChI is InChI=1S/C14H18O3/c1-9(14(16)17-2)13(15)12-8-11(12)10-6-4-3-5-7-10/h3-7,9,11-13,15H,8H2,1-2H3/t9-,11+,12-,13+/m0/s1. The number of esters is 1. The first kappa shape index (κ1) is 12.1. The molecular weight excluding hydrogens is 216 g/mol. The normalized spacial score (nSPS) is 26.1. The van der Waals surface area contributed by atoms with Crippen LogP contribution in [0.2, 0.25) is 0 Å². The van der Waals surface area contributed by atoms with E-state index in [0.717, 1.165) is 6.42 Å². The number of benzene rings is 1. The molecule has 2 rings (SSSR count). The number of methoxy groups -OCH3 is 1. The molecule has 1 aliphatic carbocycles. The van der Waals surface area contributed by atoms with E-state index in [0.29, 0.717) is 5.92 Å². The van der Waals surface area contributed by atoms with Gasteiger partial charge in [0, 0.05) is 0 Å². The van der Waals surface area contributed by atoms with Gasteiger partial charge in [0.05, 0.1) is 19.1 Å². The first-order valence-corrected chi connectivity index (χ1v) is 5.96. The van der Waals surface area contributed by atoms with Crippen LogP contribution in [0, 0.1) is 11.8 Å². The zero-order valence-corrected chi connectivity index (χ0v) is 10.2. The second-order valence-corrected chi connectivity index (χ2v) is 4.72. The summed E-state index contributed by atoms with van der Waals surface area (Å²) in [5, 5.41) is 10.1. The van der Waals surface area contributed by atoms with Crippen LogP contribution in [0.15, 0.2) is 30.3 Å². The molecule has 0 unspecified atom stereocenters. The number of aliphatic hydroxyl groups excluding tert-OH is 1. The molecule has 4 atom stereocenters. The van der Waals surface area contributed by atoms with Crippen LogP contribution >= 0.6 is 0 Å². The third kappa shape index (κ3) is 2.50. The van der Waals surface area contributed by atoms with Gasteiger partial charge < -0.3 is 9.84 Å². The summed E-state index contributed by atoms with van der Waals surface area (Å²) < 4.78 is 4.65. The van der Waals surface area contributed by atoms with E-state index >= 15 is 0 Å². The second kappa shape index (κ2) is 4.88. The van der Waals surface area contributed by atoms with E-state index in [1.807, 2.05) is 18.2 Å². The fourth-order valence-electron chi connectivity index (χ4n) is 2.37. The lowest BCUT2D eigenvalue weighted by molar-refractivity contribution is -0.149. The molecule has 92 valence electrons. The molecule has 1 aliphatic rings. The van der Waals surface area contributed by atoms with Gasteiger partial charge >= 0.3 is 5.97 Å². The van der Waals surface area contributed by atoms with Crippen LogP contribution in [0.1, 0.15) is 24.8 Å². The Labute approximate surface area is 101 Å². The van der Waals surface area contributed by atoms with Crippen LogP contribution in [0.4, 0.5) is 0 Å². The average molecular weight is 234 g/mol. The molecular formula is C14H18O3. The van der Waals surface area contributed by atoms with Gasteiger partial charge in [0.25, 0.3) is 0 Å². The van der Waals surface area contributed by atoms with Gasteiger partial charge in [-0.3, -0.25) is 4.79 Å². The Hall–Kier alpha value is -1.35. The maximum Gasteiger partial charge on any atom is 0.311 e. The van der Waals surface area contributed by atoms with Crippen LogP contribution in [-0.2, 0) is 9.53 Å². The van der Waals surface area contributed by atoms with Gasteiger partial charge in [-0.25, -0.2) is 0 Å². The van der Waals surface area contributed by atoms with E-state index in [9.17, 15) is 9.90 Å². The lowest BCUT2D eigenvalue weighted by Gasteiger charge is -2.16. The van der Waals surface area contributed by atoms with Gasteiger partial charge in [-0.1, -0.05) is 30.3 Å². The van der Waals surface area contributed by atoms with Crippen molar-refractivity contribution in [2.45, 2.75) is 25.4 Å².